The summed E-state index contributed by atoms with van der Waals surface area (Å²) in [6.45, 7) is 0.929. The molecule has 3 aromatic carbocycles. The first-order valence-corrected chi connectivity index (χ1v) is 9.28. The third-order valence-corrected chi connectivity index (χ3v) is 4.30. The van der Waals surface area contributed by atoms with E-state index >= 15 is 0 Å². The molecule has 6 nitrogen and oxygen atoms in total. The standard InChI is InChI=1S/C23H20N2O4/c26-23(25-24-15-17-10-11-21-22(14-17)28-13-12-27-21)16-29-20-9-5-4-8-19(20)18-6-2-1-3-7-18/h1-11,14-15H,12-13,16H2,(H,25,26)/b24-15-. The van der Waals surface area contributed by atoms with Gasteiger partial charge >= 0.3 is 0 Å². The zero-order valence-corrected chi connectivity index (χ0v) is 15.7. The van der Waals surface area contributed by atoms with Crippen molar-refractivity contribution >= 4 is 12.1 Å². The number of rotatable bonds is 6. The molecule has 1 heterocycles. The van der Waals surface area contributed by atoms with Crippen molar-refractivity contribution in [2.24, 2.45) is 5.10 Å². The fraction of sp³-hybridized carbons (Fsp3) is 0.130. The molecule has 0 spiro atoms. The lowest BCUT2D eigenvalue weighted by molar-refractivity contribution is -0.123. The van der Waals surface area contributed by atoms with Gasteiger partial charge in [0.05, 0.1) is 6.21 Å². The summed E-state index contributed by atoms with van der Waals surface area (Å²) >= 11 is 0. The molecule has 3 aromatic rings. The first-order valence-electron chi connectivity index (χ1n) is 9.28. The van der Waals surface area contributed by atoms with Crippen molar-refractivity contribution < 1.29 is 19.0 Å². The Morgan fingerprint density at radius 1 is 0.966 bits per heavy atom. The molecule has 0 saturated carbocycles. The van der Waals surface area contributed by atoms with Gasteiger partial charge in [-0.1, -0.05) is 48.5 Å². The quantitative estimate of drug-likeness (QED) is 0.517. The van der Waals surface area contributed by atoms with Crippen LogP contribution in [0.3, 0.4) is 0 Å². The summed E-state index contributed by atoms with van der Waals surface area (Å²) in [5.41, 5.74) is 5.23. The molecule has 0 fully saturated rings. The second kappa shape index (κ2) is 8.93. The van der Waals surface area contributed by atoms with Crippen LogP contribution in [0.1, 0.15) is 5.56 Å². The molecule has 29 heavy (non-hydrogen) atoms. The summed E-state index contributed by atoms with van der Waals surface area (Å²) in [4.78, 5) is 12.1. The van der Waals surface area contributed by atoms with E-state index in [2.05, 4.69) is 10.5 Å². The predicted molar refractivity (Wildman–Crippen MR) is 111 cm³/mol. The molecule has 0 atom stereocenters. The summed E-state index contributed by atoms with van der Waals surface area (Å²) in [5.74, 6) is 1.68. The Labute approximate surface area is 168 Å². The van der Waals surface area contributed by atoms with E-state index in [4.69, 9.17) is 14.2 Å². The molecule has 0 aromatic heterocycles. The lowest BCUT2D eigenvalue weighted by atomic mass is 10.1. The lowest BCUT2D eigenvalue weighted by Gasteiger charge is -2.18. The van der Waals surface area contributed by atoms with Gasteiger partial charge in [-0.2, -0.15) is 5.10 Å². The summed E-state index contributed by atoms with van der Waals surface area (Å²) in [7, 11) is 0. The van der Waals surface area contributed by atoms with E-state index < -0.39 is 0 Å². The van der Waals surface area contributed by atoms with Gasteiger partial charge < -0.3 is 14.2 Å². The van der Waals surface area contributed by atoms with Crippen LogP contribution >= 0.6 is 0 Å². The van der Waals surface area contributed by atoms with Crippen molar-refractivity contribution in [3.05, 3.63) is 78.4 Å². The SMILES string of the molecule is O=C(COc1ccccc1-c1ccccc1)N/N=C\c1ccc2c(c1)OCCO2. The highest BCUT2D eigenvalue weighted by Gasteiger charge is 2.11. The fourth-order valence-electron chi connectivity index (χ4n) is 2.94. The van der Waals surface area contributed by atoms with Crippen molar-refractivity contribution in [2.45, 2.75) is 0 Å². The van der Waals surface area contributed by atoms with Gasteiger partial charge in [-0.3, -0.25) is 4.79 Å². The largest absolute Gasteiger partial charge is 0.486 e. The van der Waals surface area contributed by atoms with Crippen LogP contribution in [0.2, 0.25) is 0 Å². The van der Waals surface area contributed by atoms with E-state index in [0.717, 1.165) is 16.7 Å². The van der Waals surface area contributed by atoms with Crippen molar-refractivity contribution in [1.82, 2.24) is 5.43 Å². The van der Waals surface area contributed by atoms with Crippen molar-refractivity contribution in [3.8, 4) is 28.4 Å². The average molecular weight is 388 g/mol. The number of hydrazone groups is 1. The van der Waals surface area contributed by atoms with E-state index in [1.54, 1.807) is 6.21 Å². The Hall–Kier alpha value is -3.80. The molecule has 1 aliphatic heterocycles. The fourth-order valence-corrected chi connectivity index (χ4v) is 2.94. The third kappa shape index (κ3) is 4.73. The van der Waals surface area contributed by atoms with Crippen LogP contribution in [0.5, 0.6) is 17.2 Å². The third-order valence-electron chi connectivity index (χ3n) is 4.30. The number of amides is 1. The maximum Gasteiger partial charge on any atom is 0.277 e. The number of fused-ring (bicyclic) bond motifs is 1. The van der Waals surface area contributed by atoms with Crippen LogP contribution in [0.4, 0.5) is 0 Å². The molecule has 0 saturated heterocycles. The Bertz CT molecular complexity index is 1020. The smallest absolute Gasteiger partial charge is 0.277 e. The van der Waals surface area contributed by atoms with Crippen molar-refractivity contribution in [2.75, 3.05) is 19.8 Å². The minimum absolute atomic E-state index is 0.137. The summed E-state index contributed by atoms with van der Waals surface area (Å²) in [6.07, 6.45) is 1.55. The van der Waals surface area contributed by atoms with Gasteiger partial charge in [-0.15, -0.1) is 0 Å². The van der Waals surface area contributed by atoms with Crippen LogP contribution < -0.4 is 19.6 Å². The highest BCUT2D eigenvalue weighted by molar-refractivity contribution is 5.84. The molecule has 0 bridgehead atoms. The molecule has 0 unspecified atom stereocenters. The van der Waals surface area contributed by atoms with E-state index in [1.165, 1.54) is 0 Å². The van der Waals surface area contributed by atoms with Gasteiger partial charge in [0.1, 0.15) is 19.0 Å². The highest BCUT2D eigenvalue weighted by atomic mass is 16.6. The molecule has 0 aliphatic carbocycles. The molecule has 1 amide bonds. The van der Waals surface area contributed by atoms with E-state index in [-0.39, 0.29) is 12.5 Å². The van der Waals surface area contributed by atoms with E-state index in [9.17, 15) is 4.79 Å². The second-order valence-electron chi connectivity index (χ2n) is 6.35. The van der Waals surface area contributed by atoms with Crippen molar-refractivity contribution in [3.63, 3.8) is 0 Å². The molecule has 6 heteroatoms. The highest BCUT2D eigenvalue weighted by Crippen LogP contribution is 2.30. The number of para-hydroxylation sites is 1. The minimum Gasteiger partial charge on any atom is -0.486 e. The number of benzene rings is 3. The number of hydrogen-bond donors (Lipinski definition) is 1. The van der Waals surface area contributed by atoms with Gasteiger partial charge in [0.25, 0.3) is 5.91 Å². The summed E-state index contributed by atoms with van der Waals surface area (Å²) in [6, 6.07) is 23.0. The first kappa shape index (κ1) is 18.6. The summed E-state index contributed by atoms with van der Waals surface area (Å²) in [5, 5.41) is 3.98. The van der Waals surface area contributed by atoms with Gasteiger partial charge in [-0.25, -0.2) is 5.43 Å². The Balaban J connectivity index is 1.34. The number of carbonyl (C=O) groups excluding carboxylic acids is 1. The molecule has 0 radical (unpaired) electrons. The zero-order valence-electron chi connectivity index (χ0n) is 15.7. The van der Waals surface area contributed by atoms with Gasteiger partial charge in [0.2, 0.25) is 0 Å². The number of carbonyl (C=O) groups is 1. The van der Waals surface area contributed by atoms with E-state index in [0.29, 0.717) is 30.5 Å². The van der Waals surface area contributed by atoms with Crippen LogP contribution in [0.25, 0.3) is 11.1 Å². The molecular weight excluding hydrogens is 368 g/mol. The monoisotopic (exact) mass is 388 g/mol. The average Bonchev–Trinajstić information content (AvgIpc) is 2.78. The maximum absolute atomic E-state index is 12.1. The topological polar surface area (TPSA) is 69.2 Å². The molecule has 1 aliphatic rings. The van der Waals surface area contributed by atoms with Gasteiger partial charge in [0.15, 0.2) is 18.1 Å². The molecule has 4 rings (SSSR count). The first-order chi connectivity index (χ1) is 14.3. The minimum atomic E-state index is -0.346. The molecule has 146 valence electrons. The summed E-state index contributed by atoms with van der Waals surface area (Å²) < 4.78 is 16.7. The van der Waals surface area contributed by atoms with Gasteiger partial charge in [0, 0.05) is 5.56 Å². The molecular formula is C23H20N2O4. The van der Waals surface area contributed by atoms with Crippen LogP contribution in [0, 0.1) is 0 Å². The lowest BCUT2D eigenvalue weighted by Crippen LogP contribution is -2.24. The number of nitrogens with one attached hydrogen (secondary N) is 1. The van der Waals surface area contributed by atoms with Crippen LogP contribution in [-0.2, 0) is 4.79 Å². The van der Waals surface area contributed by atoms with Crippen LogP contribution in [0.15, 0.2) is 77.9 Å². The van der Waals surface area contributed by atoms with Gasteiger partial charge in [-0.05, 0) is 35.4 Å². The molecule has 1 N–H and O–H groups in total. The second-order valence-corrected chi connectivity index (χ2v) is 6.35. The van der Waals surface area contributed by atoms with Crippen molar-refractivity contribution in [1.29, 1.82) is 0 Å². The van der Waals surface area contributed by atoms with E-state index in [1.807, 2.05) is 72.8 Å². The number of ether oxygens (including phenoxy) is 3. The Morgan fingerprint density at radius 3 is 2.59 bits per heavy atom. The number of hydrogen-bond acceptors (Lipinski definition) is 5. The maximum atomic E-state index is 12.1. The zero-order chi connectivity index (χ0) is 19.9. The predicted octanol–water partition coefficient (Wildman–Crippen LogP) is 3.65. The number of nitrogens with zero attached hydrogens (tertiary/aromatic N) is 1. The normalized spacial score (nSPS) is 12.6. The van der Waals surface area contributed by atoms with Crippen LogP contribution in [-0.4, -0.2) is 31.9 Å². The Kier molecular flexibility index (Phi) is 5.71. The Morgan fingerprint density at radius 2 is 1.72 bits per heavy atom.